The molecular weight excluding hydrogens is 523 g/mol. The van der Waals surface area contributed by atoms with Crippen LogP contribution in [0.4, 0.5) is 13.2 Å². The first-order chi connectivity index (χ1) is 18.2. The second kappa shape index (κ2) is 16.6. The number of nitrogens with one attached hydrogen (secondary N) is 2. The third-order valence-corrected chi connectivity index (χ3v) is 5.20. The minimum absolute atomic E-state index is 0.00447. The number of likely N-dealkylation sites (N-methyl/N-ethyl adjacent to an activating group) is 2. The summed E-state index contributed by atoms with van der Waals surface area (Å²) >= 11 is 0. The van der Waals surface area contributed by atoms with Gasteiger partial charge in [0.25, 0.3) is 0 Å². The van der Waals surface area contributed by atoms with Crippen LogP contribution < -0.4 is 10.6 Å². The molecule has 39 heavy (non-hydrogen) atoms. The minimum atomic E-state index is -5.19. The van der Waals surface area contributed by atoms with Crippen LogP contribution >= 0.6 is 0 Å². The zero-order chi connectivity index (χ0) is 29.6. The Labute approximate surface area is 226 Å². The molecule has 0 aliphatic heterocycles. The quantitative estimate of drug-likeness (QED) is 0.229. The number of hydrogen-bond acceptors (Lipinski definition) is 9. The third-order valence-electron chi connectivity index (χ3n) is 5.20. The number of amides is 2. The summed E-state index contributed by atoms with van der Waals surface area (Å²) in [4.78, 5) is 56.0. The van der Waals surface area contributed by atoms with Crippen LogP contribution in [0.5, 0.6) is 0 Å². The van der Waals surface area contributed by atoms with Crippen molar-refractivity contribution in [3.63, 3.8) is 0 Å². The highest BCUT2D eigenvalue weighted by molar-refractivity contribution is 5.90. The number of alkyl halides is 3. The van der Waals surface area contributed by atoms with Crippen molar-refractivity contribution >= 4 is 23.8 Å². The van der Waals surface area contributed by atoms with Gasteiger partial charge in [-0.15, -0.1) is 0 Å². The van der Waals surface area contributed by atoms with Gasteiger partial charge in [-0.25, -0.2) is 4.79 Å². The Morgan fingerprint density at radius 3 is 2.38 bits per heavy atom. The molecule has 0 saturated carbocycles. The molecule has 1 aromatic heterocycles. The van der Waals surface area contributed by atoms with E-state index < -0.39 is 30.2 Å². The van der Waals surface area contributed by atoms with Crippen molar-refractivity contribution in [1.29, 1.82) is 0 Å². The first kappa shape index (κ1) is 33.8. The molecule has 11 nitrogen and oxygen atoms in total. The number of carbonyl (C=O) groups is 4. The fraction of sp³-hybridized carbons (Fsp3) is 0.640. The van der Waals surface area contributed by atoms with Gasteiger partial charge in [-0.2, -0.15) is 13.2 Å². The van der Waals surface area contributed by atoms with Gasteiger partial charge in [0.05, 0.1) is 23.9 Å². The Morgan fingerprint density at radius 1 is 1.10 bits per heavy atom. The standard InChI is InChI=1S/C25H38F3N5O6/c1-6-33(13-12-32(4)5)21(34)16-29-15-19-14-18(10-11-30-19)23(36)39-20(31-24(37)25(26,27)28)8-7-9-22(35)38-17(2)3/h10-11,14,17,20,29H,6-9,12-13,15-16H2,1-5H3,(H,31,37). The van der Waals surface area contributed by atoms with E-state index in [1.165, 1.54) is 18.3 Å². The van der Waals surface area contributed by atoms with Gasteiger partial charge in [-0.05, 0) is 53.4 Å². The number of rotatable bonds is 16. The molecule has 2 N–H and O–H groups in total. The van der Waals surface area contributed by atoms with E-state index in [-0.39, 0.29) is 49.9 Å². The first-order valence-electron chi connectivity index (χ1n) is 12.6. The van der Waals surface area contributed by atoms with Crippen LogP contribution in [-0.2, 0) is 30.4 Å². The monoisotopic (exact) mass is 561 g/mol. The summed E-state index contributed by atoms with van der Waals surface area (Å²) in [5.74, 6) is -3.94. The average Bonchev–Trinajstić information content (AvgIpc) is 2.83. The summed E-state index contributed by atoms with van der Waals surface area (Å²) in [5.41, 5.74) is 0.376. The lowest BCUT2D eigenvalue weighted by atomic mass is 10.2. The molecule has 1 atom stereocenters. The van der Waals surface area contributed by atoms with Crippen molar-refractivity contribution in [2.45, 2.75) is 65.1 Å². The second-order valence-corrected chi connectivity index (χ2v) is 9.21. The number of pyridine rings is 1. The fourth-order valence-electron chi connectivity index (χ4n) is 3.23. The Kier molecular flexibility index (Phi) is 14.4. The number of aromatic nitrogens is 1. The lowest BCUT2D eigenvalue weighted by molar-refractivity contribution is -0.176. The van der Waals surface area contributed by atoms with Crippen molar-refractivity contribution in [3.8, 4) is 0 Å². The summed E-state index contributed by atoms with van der Waals surface area (Å²) in [7, 11) is 3.83. The van der Waals surface area contributed by atoms with E-state index in [0.717, 1.165) is 6.54 Å². The number of carbonyl (C=O) groups excluding carboxylic acids is 4. The topological polar surface area (TPSA) is 130 Å². The smallest absolute Gasteiger partial charge is 0.463 e. The van der Waals surface area contributed by atoms with Gasteiger partial charge in [-0.3, -0.25) is 19.4 Å². The predicted molar refractivity (Wildman–Crippen MR) is 135 cm³/mol. The molecule has 0 spiro atoms. The molecule has 0 aliphatic carbocycles. The number of nitrogens with zero attached hydrogens (tertiary/aromatic N) is 3. The average molecular weight is 562 g/mol. The minimum Gasteiger partial charge on any atom is -0.463 e. The second-order valence-electron chi connectivity index (χ2n) is 9.21. The Morgan fingerprint density at radius 2 is 1.79 bits per heavy atom. The van der Waals surface area contributed by atoms with Crippen LogP contribution in [0.1, 0.15) is 56.1 Å². The molecular formula is C25H38F3N5O6. The van der Waals surface area contributed by atoms with Gasteiger partial charge < -0.3 is 29.9 Å². The maximum Gasteiger partial charge on any atom is 0.471 e. The van der Waals surface area contributed by atoms with Crippen molar-refractivity contribution in [3.05, 3.63) is 29.6 Å². The molecule has 0 fully saturated rings. The van der Waals surface area contributed by atoms with Crippen molar-refractivity contribution in [2.24, 2.45) is 0 Å². The van der Waals surface area contributed by atoms with Crippen LogP contribution in [0.15, 0.2) is 18.3 Å². The summed E-state index contributed by atoms with van der Waals surface area (Å²) in [6.07, 6.45) is -6.24. The summed E-state index contributed by atoms with van der Waals surface area (Å²) in [6, 6.07) is 2.67. The normalized spacial score (nSPS) is 12.3. The van der Waals surface area contributed by atoms with Crippen LogP contribution in [0.2, 0.25) is 0 Å². The van der Waals surface area contributed by atoms with Gasteiger partial charge in [0, 0.05) is 45.2 Å². The van der Waals surface area contributed by atoms with Gasteiger partial charge >= 0.3 is 24.0 Å². The summed E-state index contributed by atoms with van der Waals surface area (Å²) in [6.45, 7) is 7.22. The largest absolute Gasteiger partial charge is 0.471 e. The zero-order valence-corrected chi connectivity index (χ0v) is 23.0. The number of ether oxygens (including phenoxy) is 2. The van der Waals surface area contributed by atoms with E-state index in [2.05, 4.69) is 10.3 Å². The van der Waals surface area contributed by atoms with Gasteiger partial charge in [0.2, 0.25) is 5.91 Å². The highest BCUT2D eigenvalue weighted by atomic mass is 19.4. The van der Waals surface area contributed by atoms with Crippen molar-refractivity contribution in [1.82, 2.24) is 25.4 Å². The first-order valence-corrected chi connectivity index (χ1v) is 12.6. The van der Waals surface area contributed by atoms with E-state index in [0.29, 0.717) is 18.8 Å². The van der Waals surface area contributed by atoms with Crippen LogP contribution in [-0.4, -0.2) is 97.3 Å². The Balaban J connectivity index is 2.76. The maximum atomic E-state index is 12.8. The number of halogens is 3. The SMILES string of the molecule is CCN(CCN(C)C)C(=O)CNCc1cc(C(=O)OC(CCCC(=O)OC(C)C)NC(=O)C(F)(F)F)ccn1. The molecule has 1 rings (SSSR count). The lowest BCUT2D eigenvalue weighted by Crippen LogP contribution is -2.45. The van der Waals surface area contributed by atoms with Crippen LogP contribution in [0.3, 0.4) is 0 Å². The fourth-order valence-corrected chi connectivity index (χ4v) is 3.23. The van der Waals surface area contributed by atoms with Crippen molar-refractivity contribution in [2.75, 3.05) is 40.3 Å². The van der Waals surface area contributed by atoms with E-state index >= 15 is 0 Å². The summed E-state index contributed by atoms with van der Waals surface area (Å²) < 4.78 is 48.4. The highest BCUT2D eigenvalue weighted by Crippen LogP contribution is 2.17. The molecule has 2 amide bonds. The number of hydrogen-bond donors (Lipinski definition) is 2. The highest BCUT2D eigenvalue weighted by Gasteiger charge is 2.40. The Bertz CT molecular complexity index is 958. The molecule has 0 aliphatic rings. The molecule has 0 saturated heterocycles. The molecule has 0 aromatic carbocycles. The predicted octanol–water partition coefficient (Wildman–Crippen LogP) is 1.86. The molecule has 1 heterocycles. The van der Waals surface area contributed by atoms with Gasteiger partial charge in [0.15, 0.2) is 6.23 Å². The van der Waals surface area contributed by atoms with E-state index in [4.69, 9.17) is 9.47 Å². The van der Waals surface area contributed by atoms with Crippen molar-refractivity contribution < 1.29 is 41.8 Å². The number of esters is 2. The Hall–Kier alpha value is -3.26. The summed E-state index contributed by atoms with van der Waals surface area (Å²) in [5, 5.41) is 4.59. The van der Waals surface area contributed by atoms with Crippen LogP contribution in [0.25, 0.3) is 0 Å². The third kappa shape index (κ3) is 13.9. The van der Waals surface area contributed by atoms with E-state index in [1.54, 1.807) is 24.1 Å². The van der Waals surface area contributed by atoms with E-state index in [9.17, 15) is 32.3 Å². The van der Waals surface area contributed by atoms with E-state index in [1.807, 2.05) is 25.9 Å². The van der Waals surface area contributed by atoms with Gasteiger partial charge in [0.1, 0.15) is 0 Å². The molecule has 0 radical (unpaired) electrons. The maximum absolute atomic E-state index is 12.8. The molecule has 220 valence electrons. The van der Waals surface area contributed by atoms with Crippen LogP contribution in [0, 0.1) is 0 Å². The molecule has 1 aromatic rings. The zero-order valence-electron chi connectivity index (χ0n) is 23.0. The van der Waals surface area contributed by atoms with Gasteiger partial charge in [-0.1, -0.05) is 0 Å². The molecule has 14 heteroatoms. The lowest BCUT2D eigenvalue weighted by Gasteiger charge is -2.23. The molecule has 0 bridgehead atoms. The molecule has 1 unspecified atom stereocenters.